The molecule has 6 heteroatoms. The van der Waals surface area contributed by atoms with Gasteiger partial charge in [-0.05, 0) is 12.8 Å². The molecular weight excluding hydrogens is 236 g/mol. The molecule has 1 rings (SSSR count). The van der Waals surface area contributed by atoms with Crippen LogP contribution in [0, 0.1) is 0 Å². The second-order valence-corrected chi connectivity index (χ2v) is 4.39. The van der Waals surface area contributed by atoms with Gasteiger partial charge in [-0.1, -0.05) is 26.2 Å². The van der Waals surface area contributed by atoms with Crippen molar-refractivity contribution >= 4 is 5.97 Å². The molecule has 0 saturated carbocycles. The van der Waals surface area contributed by atoms with Crippen molar-refractivity contribution in [2.24, 2.45) is 5.73 Å². The fourth-order valence-electron chi connectivity index (χ4n) is 1.79. The average Bonchev–Trinajstić information content (AvgIpc) is 2.66. The third-order valence-corrected chi connectivity index (χ3v) is 2.88. The van der Waals surface area contributed by atoms with E-state index in [-0.39, 0.29) is 12.0 Å². The van der Waals surface area contributed by atoms with Gasteiger partial charge in [0.05, 0.1) is 5.56 Å². The Balaban J connectivity index is 2.63. The third-order valence-electron chi connectivity index (χ3n) is 2.88. The summed E-state index contributed by atoms with van der Waals surface area (Å²) in [6, 6.07) is -1.04. The number of aromatic amines is 1. The van der Waals surface area contributed by atoms with Gasteiger partial charge < -0.3 is 15.4 Å². The molecule has 4 N–H and O–H groups in total. The first-order valence-electron chi connectivity index (χ1n) is 6.23. The largest absolute Gasteiger partial charge is 0.480 e. The highest BCUT2D eigenvalue weighted by Gasteiger charge is 2.19. The minimum absolute atomic E-state index is 0.0389. The molecular formula is C12H20N2O4. The maximum Gasteiger partial charge on any atom is 0.320 e. The van der Waals surface area contributed by atoms with Crippen molar-refractivity contribution < 1.29 is 14.4 Å². The number of nitrogens with two attached hydrogens (primary N) is 1. The summed E-state index contributed by atoms with van der Waals surface area (Å²) in [5.41, 5.74) is 5.68. The number of nitrogens with one attached hydrogen (secondary N) is 1. The maximum absolute atomic E-state index is 11.5. The number of aromatic nitrogens is 1. The Hall–Kier alpha value is -1.56. The summed E-state index contributed by atoms with van der Waals surface area (Å²) in [5.74, 6) is -0.734. The standard InChI is InChI=1S/C12H20N2O4/c1-2-3-4-5-6-8-10(18-14-11(8)15)7-9(13)12(16)17/h9H,2-7,13H2,1H3,(H,14,15)(H,16,17)/t9-/m0/s1. The van der Waals surface area contributed by atoms with E-state index in [1.807, 2.05) is 0 Å². The van der Waals surface area contributed by atoms with Crippen LogP contribution in [-0.4, -0.2) is 22.3 Å². The topological polar surface area (TPSA) is 109 Å². The van der Waals surface area contributed by atoms with E-state index in [0.717, 1.165) is 25.7 Å². The SMILES string of the molecule is CCCCCCc1c(C[C@H](N)C(=O)O)o[nH]c1=O. The van der Waals surface area contributed by atoms with Crippen molar-refractivity contribution in [3.8, 4) is 0 Å². The normalized spacial score (nSPS) is 12.6. The van der Waals surface area contributed by atoms with Gasteiger partial charge in [0, 0.05) is 6.42 Å². The lowest BCUT2D eigenvalue weighted by molar-refractivity contribution is -0.138. The zero-order valence-corrected chi connectivity index (χ0v) is 10.6. The van der Waals surface area contributed by atoms with Crippen LogP contribution in [0.25, 0.3) is 0 Å². The molecule has 102 valence electrons. The van der Waals surface area contributed by atoms with Crippen molar-refractivity contribution in [3.63, 3.8) is 0 Å². The van der Waals surface area contributed by atoms with Crippen LogP contribution in [0.3, 0.4) is 0 Å². The lowest BCUT2D eigenvalue weighted by atomic mass is 10.0. The van der Waals surface area contributed by atoms with Crippen molar-refractivity contribution in [3.05, 3.63) is 21.7 Å². The van der Waals surface area contributed by atoms with Crippen molar-refractivity contribution in [2.45, 2.75) is 51.5 Å². The molecule has 1 atom stereocenters. The molecule has 0 aliphatic rings. The van der Waals surface area contributed by atoms with E-state index >= 15 is 0 Å². The molecule has 0 amide bonds. The lowest BCUT2D eigenvalue weighted by Gasteiger charge is -2.04. The number of hydrogen-bond acceptors (Lipinski definition) is 4. The van der Waals surface area contributed by atoms with Crippen LogP contribution in [0.1, 0.15) is 43.9 Å². The second kappa shape index (κ2) is 7.00. The van der Waals surface area contributed by atoms with E-state index in [1.54, 1.807) is 0 Å². The monoisotopic (exact) mass is 256 g/mol. The predicted molar refractivity (Wildman–Crippen MR) is 66.5 cm³/mol. The zero-order chi connectivity index (χ0) is 13.5. The Morgan fingerprint density at radius 1 is 1.44 bits per heavy atom. The molecule has 0 fully saturated rings. The van der Waals surface area contributed by atoms with Crippen LogP contribution in [0.15, 0.2) is 9.32 Å². The molecule has 0 spiro atoms. The molecule has 0 saturated heterocycles. The third kappa shape index (κ3) is 4.03. The second-order valence-electron chi connectivity index (χ2n) is 4.39. The summed E-state index contributed by atoms with van der Waals surface area (Å²) in [6.07, 6.45) is 4.83. The number of H-pyrrole nitrogens is 1. The Kier molecular flexibility index (Phi) is 5.64. The molecule has 0 aromatic carbocycles. The van der Waals surface area contributed by atoms with E-state index in [2.05, 4.69) is 12.1 Å². The summed E-state index contributed by atoms with van der Waals surface area (Å²) in [5, 5.41) is 11.0. The molecule has 0 bridgehead atoms. The van der Waals surface area contributed by atoms with Crippen LogP contribution in [0.2, 0.25) is 0 Å². The minimum Gasteiger partial charge on any atom is -0.480 e. The lowest BCUT2D eigenvalue weighted by Crippen LogP contribution is -2.32. The molecule has 6 nitrogen and oxygen atoms in total. The predicted octanol–water partition coefficient (Wildman–Crippen LogP) is 1.05. The molecule has 1 aromatic heterocycles. The summed E-state index contributed by atoms with van der Waals surface area (Å²) in [6.45, 7) is 2.11. The molecule has 0 aliphatic heterocycles. The fourth-order valence-corrected chi connectivity index (χ4v) is 1.79. The number of aliphatic carboxylic acids is 1. The highest BCUT2D eigenvalue weighted by atomic mass is 16.5. The Bertz CT molecular complexity index is 436. The molecule has 1 heterocycles. The van der Waals surface area contributed by atoms with Crippen LogP contribution < -0.4 is 11.3 Å². The van der Waals surface area contributed by atoms with Gasteiger partial charge in [-0.15, -0.1) is 0 Å². The van der Waals surface area contributed by atoms with Gasteiger partial charge in [0.1, 0.15) is 11.8 Å². The van der Waals surface area contributed by atoms with Gasteiger partial charge in [-0.25, -0.2) is 0 Å². The van der Waals surface area contributed by atoms with Crippen molar-refractivity contribution in [2.75, 3.05) is 0 Å². The summed E-state index contributed by atoms with van der Waals surface area (Å²) >= 11 is 0. The van der Waals surface area contributed by atoms with E-state index in [9.17, 15) is 9.59 Å². The van der Waals surface area contributed by atoms with Gasteiger partial charge in [0.15, 0.2) is 0 Å². The van der Waals surface area contributed by atoms with Gasteiger partial charge in [0.2, 0.25) is 0 Å². The van der Waals surface area contributed by atoms with Crippen LogP contribution >= 0.6 is 0 Å². The van der Waals surface area contributed by atoms with Gasteiger partial charge >= 0.3 is 5.97 Å². The number of unbranched alkanes of at least 4 members (excludes halogenated alkanes) is 3. The van der Waals surface area contributed by atoms with Gasteiger partial charge in [-0.3, -0.25) is 9.59 Å². The summed E-state index contributed by atoms with van der Waals surface area (Å²) < 4.78 is 4.99. The number of hydrogen-bond donors (Lipinski definition) is 3. The van der Waals surface area contributed by atoms with E-state index in [0.29, 0.717) is 17.7 Å². The number of rotatable bonds is 8. The fraction of sp³-hybridized carbons (Fsp3) is 0.667. The quantitative estimate of drug-likeness (QED) is 0.602. The highest BCUT2D eigenvalue weighted by Crippen LogP contribution is 2.11. The van der Waals surface area contributed by atoms with Gasteiger partial charge in [0.25, 0.3) is 5.56 Å². The zero-order valence-electron chi connectivity index (χ0n) is 10.6. The van der Waals surface area contributed by atoms with E-state index in [1.165, 1.54) is 0 Å². The van der Waals surface area contributed by atoms with E-state index < -0.39 is 12.0 Å². The van der Waals surface area contributed by atoms with Crippen LogP contribution in [0.5, 0.6) is 0 Å². The number of carboxylic acid groups (broad SMARTS) is 1. The minimum atomic E-state index is -1.10. The first kappa shape index (κ1) is 14.5. The molecule has 0 aliphatic carbocycles. The first-order valence-corrected chi connectivity index (χ1v) is 6.23. The summed E-state index contributed by atoms with van der Waals surface area (Å²) in [7, 11) is 0. The highest BCUT2D eigenvalue weighted by molar-refractivity contribution is 5.73. The summed E-state index contributed by atoms with van der Waals surface area (Å²) in [4.78, 5) is 22.2. The number of carboxylic acids is 1. The maximum atomic E-state index is 11.5. The van der Waals surface area contributed by atoms with E-state index in [4.69, 9.17) is 15.4 Å². The molecule has 18 heavy (non-hydrogen) atoms. The average molecular weight is 256 g/mol. The number of carbonyl (C=O) groups is 1. The van der Waals surface area contributed by atoms with Gasteiger partial charge in [-0.2, -0.15) is 5.16 Å². The molecule has 0 unspecified atom stereocenters. The van der Waals surface area contributed by atoms with Crippen LogP contribution in [-0.2, 0) is 17.6 Å². The Labute approximate surface area is 105 Å². The molecule has 0 radical (unpaired) electrons. The Morgan fingerprint density at radius 3 is 2.78 bits per heavy atom. The first-order chi connectivity index (χ1) is 8.56. The molecule has 1 aromatic rings. The Morgan fingerprint density at radius 2 is 2.17 bits per heavy atom. The van der Waals surface area contributed by atoms with Crippen molar-refractivity contribution in [1.29, 1.82) is 0 Å². The van der Waals surface area contributed by atoms with Crippen molar-refractivity contribution in [1.82, 2.24) is 5.16 Å². The smallest absolute Gasteiger partial charge is 0.320 e. The van der Waals surface area contributed by atoms with Crippen LogP contribution in [0.4, 0.5) is 0 Å².